The van der Waals surface area contributed by atoms with E-state index in [1.54, 1.807) is 12.3 Å². The Kier molecular flexibility index (Phi) is 1.29. The Morgan fingerprint density at radius 3 is 3.18 bits per heavy atom. The van der Waals surface area contributed by atoms with Crippen LogP contribution < -0.4 is 0 Å². The molecule has 0 fully saturated rings. The van der Waals surface area contributed by atoms with Crippen LogP contribution in [0.15, 0.2) is 18.3 Å². The topological polar surface area (TPSA) is 30.2 Å². The molecule has 5 heteroatoms. The first kappa shape index (κ1) is 6.54. The van der Waals surface area contributed by atoms with Crippen LogP contribution in [-0.2, 0) is 0 Å². The summed E-state index contributed by atoms with van der Waals surface area (Å²) in [6, 6.07) is 2.76. The van der Waals surface area contributed by atoms with Crippen LogP contribution in [0.1, 0.15) is 0 Å². The molecule has 2 heterocycles. The largest absolute Gasteiger partial charge is 0.235 e. The molecule has 0 aliphatic carbocycles. The van der Waals surface area contributed by atoms with E-state index in [-0.39, 0.29) is 0 Å². The first-order valence-corrected chi connectivity index (χ1v) is 3.31. The Bertz CT molecular complexity index is 398. The highest BCUT2D eigenvalue weighted by atomic mass is 35.5. The maximum Gasteiger partial charge on any atom is 0.235 e. The van der Waals surface area contributed by atoms with Gasteiger partial charge in [-0.1, -0.05) is 11.6 Å². The number of halogens is 2. The molecule has 0 N–H and O–H groups in total. The maximum atomic E-state index is 12.4. The Labute approximate surface area is 66.4 Å². The lowest BCUT2D eigenvalue weighted by Crippen LogP contribution is -1.88. The lowest BCUT2D eigenvalue weighted by Gasteiger charge is -1.89. The van der Waals surface area contributed by atoms with E-state index < -0.39 is 5.95 Å². The summed E-state index contributed by atoms with van der Waals surface area (Å²) in [7, 11) is 0. The summed E-state index contributed by atoms with van der Waals surface area (Å²) >= 11 is 5.55. The minimum absolute atomic E-state index is 0.331. The van der Waals surface area contributed by atoms with Gasteiger partial charge in [0, 0.05) is 12.3 Å². The fourth-order valence-corrected chi connectivity index (χ4v) is 0.971. The van der Waals surface area contributed by atoms with Crippen molar-refractivity contribution < 1.29 is 4.39 Å². The molecule has 0 spiro atoms. The molecule has 0 atom stereocenters. The zero-order valence-electron chi connectivity index (χ0n) is 5.33. The third kappa shape index (κ3) is 1.05. The number of nitrogens with zero attached hydrogens (tertiary/aromatic N) is 3. The van der Waals surface area contributed by atoms with Gasteiger partial charge in [0.05, 0.1) is 0 Å². The Morgan fingerprint density at radius 2 is 2.36 bits per heavy atom. The van der Waals surface area contributed by atoms with Crippen molar-refractivity contribution >= 4 is 17.2 Å². The molecule has 0 aliphatic rings. The third-order valence-electron chi connectivity index (χ3n) is 1.26. The third-order valence-corrected chi connectivity index (χ3v) is 1.47. The van der Waals surface area contributed by atoms with Gasteiger partial charge in [0.15, 0.2) is 5.65 Å². The highest BCUT2D eigenvalue weighted by Gasteiger charge is 2.00. The number of rotatable bonds is 0. The van der Waals surface area contributed by atoms with Crippen molar-refractivity contribution in [3.8, 4) is 0 Å². The molecule has 0 saturated heterocycles. The lowest BCUT2D eigenvalue weighted by atomic mass is 10.6. The van der Waals surface area contributed by atoms with Crippen LogP contribution in [0.5, 0.6) is 0 Å². The normalized spacial score (nSPS) is 10.7. The van der Waals surface area contributed by atoms with E-state index in [4.69, 9.17) is 11.6 Å². The first-order valence-electron chi connectivity index (χ1n) is 2.93. The van der Waals surface area contributed by atoms with Crippen LogP contribution in [0.2, 0.25) is 5.15 Å². The fourth-order valence-electron chi connectivity index (χ4n) is 0.828. The van der Waals surface area contributed by atoms with Crippen molar-refractivity contribution in [2.24, 2.45) is 0 Å². The molecule has 0 radical (unpaired) electrons. The molecule has 3 nitrogen and oxygen atoms in total. The summed E-state index contributed by atoms with van der Waals surface area (Å²) in [5.41, 5.74) is 0.412. The van der Waals surface area contributed by atoms with Crippen molar-refractivity contribution in [1.29, 1.82) is 0 Å². The van der Waals surface area contributed by atoms with Crippen molar-refractivity contribution in [3.63, 3.8) is 0 Å². The average Bonchev–Trinajstić information content (AvgIpc) is 2.27. The maximum absolute atomic E-state index is 12.4. The van der Waals surface area contributed by atoms with Gasteiger partial charge in [0.1, 0.15) is 5.15 Å². The number of hydrogen-bond acceptors (Lipinski definition) is 2. The summed E-state index contributed by atoms with van der Waals surface area (Å²) < 4.78 is 13.8. The van der Waals surface area contributed by atoms with Crippen LogP contribution >= 0.6 is 11.6 Å². The molecule has 0 aliphatic heterocycles. The van der Waals surface area contributed by atoms with Crippen LogP contribution in [0.25, 0.3) is 5.65 Å². The molecule has 2 rings (SSSR count). The molecule has 11 heavy (non-hydrogen) atoms. The summed E-state index contributed by atoms with van der Waals surface area (Å²) in [5, 5.41) is 3.81. The van der Waals surface area contributed by atoms with E-state index in [1.807, 2.05) is 0 Å². The Balaban J connectivity index is 2.82. The lowest BCUT2D eigenvalue weighted by molar-refractivity contribution is 0.571. The van der Waals surface area contributed by atoms with Crippen LogP contribution in [0, 0.1) is 5.95 Å². The molecule has 2 aromatic heterocycles. The molecule has 0 amide bonds. The number of hydrogen-bond donors (Lipinski definition) is 0. The standard InChI is InChI=1S/C6H3ClFN3/c7-4-1-2-11-6(9-4)3-5(8)10-11/h1-3H. The molecule has 2 aromatic rings. The molecule has 0 saturated carbocycles. The highest BCUT2D eigenvalue weighted by molar-refractivity contribution is 6.29. The van der Waals surface area contributed by atoms with Crippen molar-refractivity contribution in [3.05, 3.63) is 29.4 Å². The van der Waals surface area contributed by atoms with E-state index in [2.05, 4.69) is 10.1 Å². The van der Waals surface area contributed by atoms with Gasteiger partial charge in [0.2, 0.25) is 5.95 Å². The molecule has 0 unspecified atom stereocenters. The molecule has 0 bridgehead atoms. The van der Waals surface area contributed by atoms with Crippen molar-refractivity contribution in [1.82, 2.24) is 14.6 Å². The molecule has 56 valence electrons. The summed E-state index contributed by atoms with van der Waals surface area (Å²) in [6.45, 7) is 0. The number of fused-ring (bicyclic) bond motifs is 1. The Morgan fingerprint density at radius 1 is 1.55 bits per heavy atom. The summed E-state index contributed by atoms with van der Waals surface area (Å²) in [6.07, 6.45) is 1.55. The van der Waals surface area contributed by atoms with Crippen LogP contribution in [0.3, 0.4) is 0 Å². The van der Waals surface area contributed by atoms with Crippen molar-refractivity contribution in [2.45, 2.75) is 0 Å². The highest BCUT2D eigenvalue weighted by Crippen LogP contribution is 2.07. The van der Waals surface area contributed by atoms with Crippen molar-refractivity contribution in [2.75, 3.05) is 0 Å². The second kappa shape index (κ2) is 2.17. The van der Waals surface area contributed by atoms with Crippen LogP contribution in [-0.4, -0.2) is 14.6 Å². The fraction of sp³-hybridized carbons (Fsp3) is 0. The second-order valence-electron chi connectivity index (χ2n) is 2.02. The summed E-state index contributed by atoms with van der Waals surface area (Å²) in [5.74, 6) is -0.556. The van der Waals surface area contributed by atoms with Gasteiger partial charge in [-0.05, 0) is 6.07 Å². The minimum Gasteiger partial charge on any atom is -0.220 e. The zero-order chi connectivity index (χ0) is 7.84. The van der Waals surface area contributed by atoms with E-state index >= 15 is 0 Å². The van der Waals surface area contributed by atoms with Gasteiger partial charge in [-0.15, -0.1) is 5.10 Å². The minimum atomic E-state index is -0.556. The molecule has 0 aromatic carbocycles. The predicted molar refractivity (Wildman–Crippen MR) is 38.0 cm³/mol. The van der Waals surface area contributed by atoms with E-state index in [9.17, 15) is 4.39 Å². The predicted octanol–water partition coefficient (Wildman–Crippen LogP) is 1.52. The Hall–Kier alpha value is -1.16. The smallest absolute Gasteiger partial charge is 0.220 e. The van der Waals surface area contributed by atoms with Gasteiger partial charge in [-0.3, -0.25) is 0 Å². The van der Waals surface area contributed by atoms with E-state index in [1.165, 1.54) is 10.6 Å². The molecular formula is C6H3ClFN3. The van der Waals surface area contributed by atoms with E-state index in [0.29, 0.717) is 10.8 Å². The first-order chi connectivity index (χ1) is 5.25. The number of aromatic nitrogens is 3. The molecular weight excluding hydrogens is 169 g/mol. The monoisotopic (exact) mass is 171 g/mol. The van der Waals surface area contributed by atoms with Gasteiger partial charge < -0.3 is 0 Å². The van der Waals surface area contributed by atoms with Crippen LogP contribution in [0.4, 0.5) is 4.39 Å². The van der Waals surface area contributed by atoms with Gasteiger partial charge in [-0.2, -0.15) is 4.39 Å². The van der Waals surface area contributed by atoms with E-state index in [0.717, 1.165) is 0 Å². The zero-order valence-corrected chi connectivity index (χ0v) is 6.09. The van der Waals surface area contributed by atoms with Gasteiger partial charge >= 0.3 is 0 Å². The van der Waals surface area contributed by atoms with Gasteiger partial charge in [-0.25, -0.2) is 9.50 Å². The van der Waals surface area contributed by atoms with Gasteiger partial charge in [0.25, 0.3) is 0 Å². The second-order valence-corrected chi connectivity index (χ2v) is 2.41. The summed E-state index contributed by atoms with van der Waals surface area (Å²) in [4.78, 5) is 3.82. The quantitative estimate of drug-likeness (QED) is 0.563. The average molecular weight is 172 g/mol. The SMILES string of the molecule is Fc1cc2nc(Cl)ccn2n1.